The Morgan fingerprint density at radius 3 is 2.69 bits per heavy atom. The third-order valence-electron chi connectivity index (χ3n) is 2.38. The van der Waals surface area contributed by atoms with Gasteiger partial charge in [-0.1, -0.05) is 17.7 Å². The van der Waals surface area contributed by atoms with Crippen LogP contribution in [0, 0.1) is 6.92 Å². The van der Waals surface area contributed by atoms with Crippen molar-refractivity contribution in [3.8, 4) is 5.75 Å². The molecule has 0 radical (unpaired) electrons. The average molecular weight is 223 g/mol. The molecule has 0 heterocycles. The maximum atomic E-state index is 11.2. The summed E-state index contributed by atoms with van der Waals surface area (Å²) in [5, 5.41) is 0. The summed E-state index contributed by atoms with van der Waals surface area (Å²) in [6, 6.07) is 5.13. The van der Waals surface area contributed by atoms with Gasteiger partial charge >= 0.3 is 5.97 Å². The number of esters is 1. The SMILES string of the molecule is COC(=O)[C@@H](N)Cc1cc(C)ccc1OC. The fourth-order valence-electron chi connectivity index (χ4n) is 1.54. The molecular weight excluding hydrogens is 206 g/mol. The van der Waals surface area contributed by atoms with Gasteiger partial charge in [0.1, 0.15) is 11.8 Å². The highest BCUT2D eigenvalue weighted by Crippen LogP contribution is 2.20. The third kappa shape index (κ3) is 2.97. The van der Waals surface area contributed by atoms with E-state index < -0.39 is 12.0 Å². The van der Waals surface area contributed by atoms with E-state index in [1.165, 1.54) is 7.11 Å². The number of ether oxygens (including phenoxy) is 2. The zero-order chi connectivity index (χ0) is 12.1. The Morgan fingerprint density at radius 1 is 1.44 bits per heavy atom. The predicted molar refractivity (Wildman–Crippen MR) is 61.4 cm³/mol. The second-order valence-electron chi connectivity index (χ2n) is 3.65. The normalized spacial score (nSPS) is 12.0. The van der Waals surface area contributed by atoms with Crippen LogP contribution in [-0.4, -0.2) is 26.2 Å². The van der Waals surface area contributed by atoms with Crippen molar-refractivity contribution in [2.45, 2.75) is 19.4 Å². The molecule has 0 unspecified atom stereocenters. The summed E-state index contributed by atoms with van der Waals surface area (Å²) in [5.41, 5.74) is 7.72. The molecule has 16 heavy (non-hydrogen) atoms. The van der Waals surface area contributed by atoms with E-state index in [1.54, 1.807) is 7.11 Å². The molecule has 0 amide bonds. The van der Waals surface area contributed by atoms with Gasteiger partial charge in [-0.2, -0.15) is 0 Å². The Balaban J connectivity index is 2.86. The van der Waals surface area contributed by atoms with Crippen LogP contribution in [0.5, 0.6) is 5.75 Å². The van der Waals surface area contributed by atoms with Gasteiger partial charge in [-0.25, -0.2) is 0 Å². The number of hydrogen-bond acceptors (Lipinski definition) is 4. The molecule has 0 aliphatic heterocycles. The standard InChI is InChI=1S/C12H17NO3/c1-8-4-5-11(15-2)9(6-8)7-10(13)12(14)16-3/h4-6,10H,7,13H2,1-3H3/t10-/m0/s1. The number of hydrogen-bond donors (Lipinski definition) is 1. The van der Waals surface area contributed by atoms with Gasteiger partial charge in [0.25, 0.3) is 0 Å². The second-order valence-corrected chi connectivity index (χ2v) is 3.65. The van der Waals surface area contributed by atoms with Crippen molar-refractivity contribution in [2.24, 2.45) is 5.73 Å². The first-order valence-electron chi connectivity index (χ1n) is 5.05. The number of nitrogens with two attached hydrogens (primary N) is 1. The van der Waals surface area contributed by atoms with Crippen molar-refractivity contribution in [3.63, 3.8) is 0 Å². The first-order chi connectivity index (χ1) is 7.58. The monoisotopic (exact) mass is 223 g/mol. The summed E-state index contributed by atoms with van der Waals surface area (Å²) < 4.78 is 9.79. The molecule has 4 heteroatoms. The van der Waals surface area contributed by atoms with Crippen LogP contribution < -0.4 is 10.5 Å². The molecule has 0 saturated heterocycles. The van der Waals surface area contributed by atoms with Gasteiger partial charge in [-0.3, -0.25) is 4.79 Å². The molecule has 0 bridgehead atoms. The second kappa shape index (κ2) is 5.51. The van der Waals surface area contributed by atoms with Gasteiger partial charge in [-0.15, -0.1) is 0 Å². The lowest BCUT2D eigenvalue weighted by molar-refractivity contribution is -0.142. The van der Waals surface area contributed by atoms with Crippen molar-refractivity contribution in [1.82, 2.24) is 0 Å². The highest BCUT2D eigenvalue weighted by Gasteiger charge is 2.16. The van der Waals surface area contributed by atoms with Gasteiger partial charge in [-0.05, 0) is 18.6 Å². The van der Waals surface area contributed by atoms with Crippen LogP contribution >= 0.6 is 0 Å². The summed E-state index contributed by atoms with van der Waals surface area (Å²) >= 11 is 0. The van der Waals surface area contributed by atoms with Crippen molar-refractivity contribution in [3.05, 3.63) is 29.3 Å². The summed E-state index contributed by atoms with van der Waals surface area (Å²) in [6.45, 7) is 1.98. The third-order valence-corrected chi connectivity index (χ3v) is 2.38. The van der Waals surface area contributed by atoms with Gasteiger partial charge in [0.2, 0.25) is 0 Å². The molecule has 0 fully saturated rings. The number of aryl methyl sites for hydroxylation is 1. The van der Waals surface area contributed by atoms with E-state index in [-0.39, 0.29) is 0 Å². The lowest BCUT2D eigenvalue weighted by Gasteiger charge is -2.13. The zero-order valence-corrected chi connectivity index (χ0v) is 9.82. The number of methoxy groups -OCH3 is 2. The molecule has 1 aromatic carbocycles. The molecule has 1 atom stereocenters. The summed E-state index contributed by atoms with van der Waals surface area (Å²) in [7, 11) is 2.92. The van der Waals surface area contributed by atoms with E-state index in [0.717, 1.165) is 16.9 Å². The number of carbonyl (C=O) groups excluding carboxylic acids is 1. The minimum atomic E-state index is -0.652. The molecule has 1 aromatic rings. The van der Waals surface area contributed by atoms with E-state index in [1.807, 2.05) is 25.1 Å². The van der Waals surface area contributed by atoms with E-state index in [0.29, 0.717) is 6.42 Å². The van der Waals surface area contributed by atoms with Crippen LogP contribution in [-0.2, 0) is 16.0 Å². The first kappa shape index (κ1) is 12.5. The number of carbonyl (C=O) groups is 1. The number of rotatable bonds is 4. The van der Waals surface area contributed by atoms with Crippen molar-refractivity contribution >= 4 is 5.97 Å². The topological polar surface area (TPSA) is 61.5 Å². The Kier molecular flexibility index (Phi) is 4.31. The Bertz CT molecular complexity index is 377. The number of benzene rings is 1. The van der Waals surface area contributed by atoms with Crippen LogP contribution in [0.15, 0.2) is 18.2 Å². The van der Waals surface area contributed by atoms with Crippen LogP contribution in [0.4, 0.5) is 0 Å². The molecule has 4 nitrogen and oxygen atoms in total. The molecule has 0 spiro atoms. The lowest BCUT2D eigenvalue weighted by Crippen LogP contribution is -2.33. The van der Waals surface area contributed by atoms with Crippen LogP contribution in [0.3, 0.4) is 0 Å². The quantitative estimate of drug-likeness (QED) is 0.775. The van der Waals surface area contributed by atoms with Gasteiger partial charge in [0, 0.05) is 6.42 Å². The van der Waals surface area contributed by atoms with E-state index in [4.69, 9.17) is 10.5 Å². The fourth-order valence-corrected chi connectivity index (χ4v) is 1.54. The fraction of sp³-hybridized carbons (Fsp3) is 0.417. The molecular formula is C12H17NO3. The van der Waals surface area contributed by atoms with Gasteiger partial charge in [0.15, 0.2) is 0 Å². The largest absolute Gasteiger partial charge is 0.496 e. The highest BCUT2D eigenvalue weighted by atomic mass is 16.5. The van der Waals surface area contributed by atoms with Crippen molar-refractivity contribution in [1.29, 1.82) is 0 Å². The van der Waals surface area contributed by atoms with Crippen molar-refractivity contribution in [2.75, 3.05) is 14.2 Å². The van der Waals surface area contributed by atoms with Crippen LogP contribution in [0.25, 0.3) is 0 Å². The lowest BCUT2D eigenvalue weighted by atomic mass is 10.0. The first-order valence-corrected chi connectivity index (χ1v) is 5.05. The minimum Gasteiger partial charge on any atom is -0.496 e. The smallest absolute Gasteiger partial charge is 0.322 e. The molecule has 2 N–H and O–H groups in total. The molecule has 0 aliphatic rings. The maximum absolute atomic E-state index is 11.2. The van der Waals surface area contributed by atoms with Gasteiger partial charge in [0.05, 0.1) is 14.2 Å². The maximum Gasteiger partial charge on any atom is 0.322 e. The van der Waals surface area contributed by atoms with Crippen LogP contribution in [0.2, 0.25) is 0 Å². The summed E-state index contributed by atoms with van der Waals surface area (Å²) in [5.74, 6) is 0.327. The average Bonchev–Trinajstić information content (AvgIpc) is 2.28. The predicted octanol–water partition coefficient (Wildman–Crippen LogP) is 1.05. The summed E-state index contributed by atoms with van der Waals surface area (Å²) in [6.07, 6.45) is 0.414. The zero-order valence-electron chi connectivity index (χ0n) is 9.82. The molecule has 1 rings (SSSR count). The molecule has 0 saturated carbocycles. The molecule has 88 valence electrons. The molecule has 0 aromatic heterocycles. The van der Waals surface area contributed by atoms with E-state index >= 15 is 0 Å². The Hall–Kier alpha value is -1.55. The van der Waals surface area contributed by atoms with Gasteiger partial charge < -0.3 is 15.2 Å². The molecule has 0 aliphatic carbocycles. The highest BCUT2D eigenvalue weighted by molar-refractivity contribution is 5.75. The minimum absolute atomic E-state index is 0.413. The summed E-state index contributed by atoms with van der Waals surface area (Å²) in [4.78, 5) is 11.2. The van der Waals surface area contributed by atoms with E-state index in [9.17, 15) is 4.79 Å². The Labute approximate surface area is 95.3 Å². The van der Waals surface area contributed by atoms with Crippen LogP contribution in [0.1, 0.15) is 11.1 Å². The van der Waals surface area contributed by atoms with E-state index in [2.05, 4.69) is 4.74 Å². The Morgan fingerprint density at radius 2 is 2.12 bits per heavy atom. The van der Waals surface area contributed by atoms with Crippen molar-refractivity contribution < 1.29 is 14.3 Å².